The minimum Gasteiger partial charge on any atom is -0.307 e. The van der Waals surface area contributed by atoms with E-state index in [-0.39, 0.29) is 0 Å². The second-order valence-electron chi connectivity index (χ2n) is 6.26. The molecule has 0 saturated heterocycles. The van der Waals surface area contributed by atoms with Gasteiger partial charge >= 0.3 is 6.03 Å². The zero-order valence-corrected chi connectivity index (χ0v) is 15.5. The summed E-state index contributed by atoms with van der Waals surface area (Å²) in [5.41, 5.74) is 9.51. The van der Waals surface area contributed by atoms with Crippen molar-refractivity contribution in [3.63, 3.8) is 0 Å². The third-order valence-electron chi connectivity index (χ3n) is 4.18. The van der Waals surface area contributed by atoms with E-state index in [1.54, 1.807) is 12.1 Å². The van der Waals surface area contributed by atoms with Crippen molar-refractivity contribution >= 4 is 17.7 Å². The van der Waals surface area contributed by atoms with Crippen LogP contribution < -0.4 is 16.2 Å². The molecule has 2 amide bonds. The SMILES string of the molecule is O=C(NNc1nc(-c2ccccc2)cc(-c2ccccc2)n1)Nc1ccccc1. The Balaban J connectivity index is 1.58. The van der Waals surface area contributed by atoms with E-state index < -0.39 is 6.03 Å². The second-order valence-corrected chi connectivity index (χ2v) is 6.26. The largest absolute Gasteiger partial charge is 0.337 e. The van der Waals surface area contributed by atoms with Crippen LogP contribution in [0.25, 0.3) is 22.5 Å². The molecule has 0 atom stereocenters. The van der Waals surface area contributed by atoms with E-state index in [4.69, 9.17) is 0 Å². The minimum absolute atomic E-state index is 0.299. The zero-order valence-electron chi connectivity index (χ0n) is 15.5. The fourth-order valence-electron chi connectivity index (χ4n) is 2.81. The van der Waals surface area contributed by atoms with Gasteiger partial charge in [0.25, 0.3) is 0 Å². The lowest BCUT2D eigenvalue weighted by Gasteiger charge is -2.12. The molecule has 6 heteroatoms. The first-order valence-corrected chi connectivity index (χ1v) is 9.16. The van der Waals surface area contributed by atoms with Gasteiger partial charge in [0.2, 0.25) is 5.95 Å². The van der Waals surface area contributed by atoms with Crippen molar-refractivity contribution in [2.75, 3.05) is 10.7 Å². The molecule has 3 N–H and O–H groups in total. The summed E-state index contributed by atoms with van der Waals surface area (Å²) in [5.74, 6) is 0.299. The molecule has 6 nitrogen and oxygen atoms in total. The topological polar surface area (TPSA) is 78.9 Å². The molecule has 4 aromatic rings. The number of carbonyl (C=O) groups excluding carboxylic acids is 1. The van der Waals surface area contributed by atoms with Crippen molar-refractivity contribution in [1.82, 2.24) is 15.4 Å². The molecule has 1 aromatic heterocycles. The summed E-state index contributed by atoms with van der Waals surface area (Å²) in [4.78, 5) is 21.2. The van der Waals surface area contributed by atoms with Crippen molar-refractivity contribution in [2.24, 2.45) is 0 Å². The molecule has 0 unspecified atom stereocenters. The number of carbonyl (C=O) groups is 1. The van der Waals surface area contributed by atoms with Crippen LogP contribution in [-0.4, -0.2) is 16.0 Å². The number of para-hydroxylation sites is 1. The van der Waals surface area contributed by atoms with Gasteiger partial charge in [0.1, 0.15) is 0 Å². The van der Waals surface area contributed by atoms with Gasteiger partial charge in [0.05, 0.1) is 11.4 Å². The van der Waals surface area contributed by atoms with Crippen molar-refractivity contribution in [3.05, 3.63) is 97.1 Å². The quantitative estimate of drug-likeness (QED) is 0.427. The number of amides is 2. The van der Waals surface area contributed by atoms with Crippen LogP contribution in [0.1, 0.15) is 0 Å². The number of hydrazine groups is 1. The Hall–Kier alpha value is -4.19. The maximum absolute atomic E-state index is 12.2. The number of hydrogen-bond acceptors (Lipinski definition) is 4. The Bertz CT molecular complexity index is 1030. The van der Waals surface area contributed by atoms with Gasteiger partial charge in [0.15, 0.2) is 0 Å². The average Bonchev–Trinajstić information content (AvgIpc) is 2.79. The fraction of sp³-hybridized carbons (Fsp3) is 0. The van der Waals surface area contributed by atoms with Crippen molar-refractivity contribution in [1.29, 1.82) is 0 Å². The Morgan fingerprint density at radius 1 is 0.655 bits per heavy atom. The number of anilines is 2. The molecular formula is C23H19N5O. The highest BCUT2D eigenvalue weighted by Gasteiger charge is 2.09. The highest BCUT2D eigenvalue weighted by atomic mass is 16.2. The van der Waals surface area contributed by atoms with Crippen molar-refractivity contribution in [2.45, 2.75) is 0 Å². The lowest BCUT2D eigenvalue weighted by atomic mass is 10.1. The number of nitrogens with one attached hydrogen (secondary N) is 3. The molecule has 0 aliphatic rings. The van der Waals surface area contributed by atoms with Crippen LogP contribution in [0.15, 0.2) is 97.1 Å². The average molecular weight is 381 g/mol. The molecular weight excluding hydrogens is 362 g/mol. The highest BCUT2D eigenvalue weighted by Crippen LogP contribution is 2.24. The first-order chi connectivity index (χ1) is 14.3. The van der Waals surface area contributed by atoms with E-state index in [0.29, 0.717) is 11.6 Å². The van der Waals surface area contributed by atoms with Gasteiger partial charge in [-0.2, -0.15) is 0 Å². The van der Waals surface area contributed by atoms with Crippen LogP contribution in [0, 0.1) is 0 Å². The maximum Gasteiger partial charge on any atom is 0.337 e. The second kappa shape index (κ2) is 8.67. The van der Waals surface area contributed by atoms with Crippen molar-refractivity contribution in [3.8, 4) is 22.5 Å². The predicted molar refractivity (Wildman–Crippen MR) is 115 cm³/mol. The lowest BCUT2D eigenvalue weighted by Crippen LogP contribution is -2.34. The standard InChI is InChI=1S/C23H19N5O/c29-23(24-19-14-8-3-9-15-19)28-27-22-25-20(17-10-4-1-5-11-17)16-21(26-22)18-12-6-2-7-13-18/h1-16H,(H2,24,28,29)(H,25,26,27). The molecule has 0 spiro atoms. The van der Waals surface area contributed by atoms with Crippen molar-refractivity contribution < 1.29 is 4.79 Å². The molecule has 0 bridgehead atoms. The van der Waals surface area contributed by atoms with Crippen LogP contribution in [0.2, 0.25) is 0 Å². The Morgan fingerprint density at radius 3 is 1.66 bits per heavy atom. The Morgan fingerprint density at radius 2 is 1.14 bits per heavy atom. The molecule has 0 saturated carbocycles. The van der Waals surface area contributed by atoms with Gasteiger partial charge in [-0.05, 0) is 18.2 Å². The Labute approximate surface area is 168 Å². The van der Waals surface area contributed by atoms with E-state index in [9.17, 15) is 4.79 Å². The summed E-state index contributed by atoms with van der Waals surface area (Å²) in [6.07, 6.45) is 0. The van der Waals surface area contributed by atoms with Gasteiger partial charge in [-0.25, -0.2) is 20.2 Å². The summed E-state index contributed by atoms with van der Waals surface area (Å²) in [6, 6.07) is 30.4. The van der Waals surface area contributed by atoms with Crippen LogP contribution in [0.5, 0.6) is 0 Å². The lowest BCUT2D eigenvalue weighted by molar-refractivity contribution is 0.253. The predicted octanol–water partition coefficient (Wildman–Crippen LogP) is 4.96. The molecule has 4 rings (SSSR count). The summed E-state index contributed by atoms with van der Waals surface area (Å²) >= 11 is 0. The molecule has 1 heterocycles. The number of benzene rings is 3. The first kappa shape index (κ1) is 18.2. The van der Waals surface area contributed by atoms with E-state index in [0.717, 1.165) is 22.5 Å². The number of nitrogens with zero attached hydrogens (tertiary/aromatic N) is 2. The summed E-state index contributed by atoms with van der Waals surface area (Å²) in [6.45, 7) is 0. The van der Waals surface area contributed by atoms with Gasteiger partial charge in [0, 0.05) is 16.8 Å². The van der Waals surface area contributed by atoms with Gasteiger partial charge in [-0.15, -0.1) is 0 Å². The van der Waals surface area contributed by atoms with Gasteiger partial charge in [-0.1, -0.05) is 78.9 Å². The zero-order chi connectivity index (χ0) is 19.9. The van der Waals surface area contributed by atoms with E-state index in [2.05, 4.69) is 26.1 Å². The summed E-state index contributed by atoms with van der Waals surface area (Å²) < 4.78 is 0. The number of rotatable bonds is 5. The van der Waals surface area contributed by atoms with Crippen LogP contribution in [0.3, 0.4) is 0 Å². The fourth-order valence-corrected chi connectivity index (χ4v) is 2.81. The molecule has 0 radical (unpaired) electrons. The van der Waals surface area contributed by atoms with Gasteiger partial charge in [-0.3, -0.25) is 5.43 Å². The molecule has 29 heavy (non-hydrogen) atoms. The monoisotopic (exact) mass is 381 g/mol. The number of urea groups is 1. The maximum atomic E-state index is 12.2. The van der Waals surface area contributed by atoms with Crippen LogP contribution in [-0.2, 0) is 0 Å². The number of hydrogen-bond donors (Lipinski definition) is 3. The van der Waals surface area contributed by atoms with Gasteiger partial charge < -0.3 is 5.32 Å². The smallest absolute Gasteiger partial charge is 0.307 e. The summed E-state index contributed by atoms with van der Waals surface area (Å²) in [7, 11) is 0. The highest BCUT2D eigenvalue weighted by molar-refractivity contribution is 5.89. The third kappa shape index (κ3) is 4.75. The minimum atomic E-state index is -0.411. The van der Waals surface area contributed by atoms with Crippen LogP contribution >= 0.6 is 0 Å². The Kier molecular flexibility index (Phi) is 5.43. The van der Waals surface area contributed by atoms with E-state index in [1.807, 2.05) is 84.9 Å². The molecule has 0 fully saturated rings. The molecule has 3 aromatic carbocycles. The van der Waals surface area contributed by atoms with Crippen LogP contribution in [0.4, 0.5) is 16.4 Å². The molecule has 142 valence electrons. The summed E-state index contributed by atoms with van der Waals surface area (Å²) in [5, 5.41) is 2.74. The molecule has 0 aliphatic heterocycles. The first-order valence-electron chi connectivity index (χ1n) is 9.16. The third-order valence-corrected chi connectivity index (χ3v) is 4.18. The van der Waals surface area contributed by atoms with E-state index in [1.165, 1.54) is 0 Å². The number of aromatic nitrogens is 2. The normalized spacial score (nSPS) is 10.2. The van der Waals surface area contributed by atoms with E-state index >= 15 is 0 Å². The molecule has 0 aliphatic carbocycles.